The first-order valence-electron chi connectivity index (χ1n) is 9.99. The molecule has 0 aromatic carbocycles. The van der Waals surface area contributed by atoms with Crippen LogP contribution in [-0.4, -0.2) is 53.8 Å². The minimum Gasteiger partial charge on any atom is -0.465 e. The van der Waals surface area contributed by atoms with Gasteiger partial charge in [-0.1, -0.05) is 0 Å². The molecule has 154 valence electrons. The van der Waals surface area contributed by atoms with E-state index in [-0.39, 0.29) is 29.8 Å². The van der Waals surface area contributed by atoms with E-state index in [0.717, 1.165) is 43.5 Å². The van der Waals surface area contributed by atoms with E-state index in [9.17, 15) is 14.7 Å². The Morgan fingerprint density at radius 3 is 2.76 bits per heavy atom. The number of amides is 2. The highest BCUT2D eigenvalue weighted by Gasteiger charge is 2.50. The summed E-state index contributed by atoms with van der Waals surface area (Å²) in [5.41, 5.74) is 2.14. The van der Waals surface area contributed by atoms with Crippen molar-refractivity contribution in [3.63, 3.8) is 0 Å². The molecule has 29 heavy (non-hydrogen) atoms. The SMILES string of the molecule is Cc1cnc(CC(=O)Nc2cc(C3CCC(N(C(=O)O)C4(C)CC4)C3)[nH]n2)cn1. The second-order valence-corrected chi connectivity index (χ2v) is 8.40. The molecule has 2 aromatic heterocycles. The molecule has 3 N–H and O–H groups in total. The Kier molecular flexibility index (Phi) is 4.97. The zero-order chi connectivity index (χ0) is 20.6. The highest BCUT2D eigenvalue weighted by molar-refractivity contribution is 5.91. The second kappa shape index (κ2) is 7.46. The summed E-state index contributed by atoms with van der Waals surface area (Å²) < 4.78 is 0. The van der Waals surface area contributed by atoms with Crippen LogP contribution in [-0.2, 0) is 11.2 Å². The van der Waals surface area contributed by atoms with Crippen LogP contribution in [0, 0.1) is 6.92 Å². The molecule has 2 aliphatic rings. The van der Waals surface area contributed by atoms with E-state index in [1.807, 2.05) is 19.9 Å². The van der Waals surface area contributed by atoms with Crippen molar-refractivity contribution in [2.24, 2.45) is 0 Å². The fraction of sp³-hybridized carbons (Fsp3) is 0.550. The lowest BCUT2D eigenvalue weighted by atomic mass is 10.0. The van der Waals surface area contributed by atoms with Gasteiger partial charge in [-0.25, -0.2) is 4.79 Å². The molecule has 0 bridgehead atoms. The Hall–Kier alpha value is -2.97. The summed E-state index contributed by atoms with van der Waals surface area (Å²) in [7, 11) is 0. The highest BCUT2D eigenvalue weighted by atomic mass is 16.4. The standard InChI is InChI=1S/C20H26N6O3/c1-12-10-22-14(11-21-12)8-18(27)23-17-9-16(24-25-17)13-3-4-15(7-13)26(19(28)29)20(2)5-6-20/h9-11,13,15H,3-8H2,1-2H3,(H,28,29)(H2,23,24,25,27). The zero-order valence-corrected chi connectivity index (χ0v) is 16.7. The maximum atomic E-state index is 12.2. The number of nitrogens with zero attached hydrogens (tertiary/aromatic N) is 4. The molecule has 4 rings (SSSR count). The monoisotopic (exact) mass is 398 g/mol. The van der Waals surface area contributed by atoms with Crippen LogP contribution in [0.5, 0.6) is 0 Å². The topological polar surface area (TPSA) is 124 Å². The molecule has 9 nitrogen and oxygen atoms in total. The lowest BCUT2D eigenvalue weighted by Gasteiger charge is -2.32. The van der Waals surface area contributed by atoms with Crippen molar-refractivity contribution in [1.82, 2.24) is 25.1 Å². The maximum absolute atomic E-state index is 12.2. The third-order valence-corrected chi connectivity index (χ3v) is 6.01. The quantitative estimate of drug-likeness (QED) is 0.687. The molecule has 2 saturated carbocycles. The molecule has 9 heteroatoms. The number of rotatable bonds is 6. The van der Waals surface area contributed by atoms with Crippen molar-refractivity contribution < 1.29 is 14.7 Å². The van der Waals surface area contributed by atoms with Gasteiger partial charge in [0.1, 0.15) is 0 Å². The van der Waals surface area contributed by atoms with Crippen LogP contribution in [0.25, 0.3) is 0 Å². The van der Waals surface area contributed by atoms with Gasteiger partial charge in [0.25, 0.3) is 0 Å². The van der Waals surface area contributed by atoms with Crippen LogP contribution in [0.15, 0.2) is 18.5 Å². The summed E-state index contributed by atoms with van der Waals surface area (Å²) >= 11 is 0. The molecule has 0 aliphatic heterocycles. The predicted octanol–water partition coefficient (Wildman–Crippen LogP) is 2.86. The molecular weight excluding hydrogens is 372 g/mol. The lowest BCUT2D eigenvalue weighted by molar-refractivity contribution is -0.115. The average molecular weight is 398 g/mol. The van der Waals surface area contributed by atoms with E-state index in [2.05, 4.69) is 25.5 Å². The lowest BCUT2D eigenvalue weighted by Crippen LogP contribution is -2.45. The largest absolute Gasteiger partial charge is 0.465 e. The number of aryl methyl sites for hydroxylation is 1. The summed E-state index contributed by atoms with van der Waals surface area (Å²) in [4.78, 5) is 34.0. The van der Waals surface area contributed by atoms with E-state index in [0.29, 0.717) is 11.5 Å². The Morgan fingerprint density at radius 2 is 2.10 bits per heavy atom. The number of nitrogens with one attached hydrogen (secondary N) is 2. The van der Waals surface area contributed by atoms with Crippen molar-refractivity contribution in [3.05, 3.63) is 35.5 Å². The van der Waals surface area contributed by atoms with Crippen molar-refractivity contribution in [1.29, 1.82) is 0 Å². The summed E-state index contributed by atoms with van der Waals surface area (Å²) in [5, 5.41) is 19.6. The molecule has 2 heterocycles. The maximum Gasteiger partial charge on any atom is 0.408 e. The second-order valence-electron chi connectivity index (χ2n) is 8.40. The minimum absolute atomic E-state index is 0.0338. The molecule has 2 aromatic rings. The Bertz CT molecular complexity index is 905. The van der Waals surface area contributed by atoms with E-state index < -0.39 is 6.09 Å². The first-order valence-corrected chi connectivity index (χ1v) is 9.99. The molecule has 2 fully saturated rings. The number of hydrogen-bond acceptors (Lipinski definition) is 5. The van der Waals surface area contributed by atoms with Gasteiger partial charge in [0, 0.05) is 41.7 Å². The Balaban J connectivity index is 1.35. The molecule has 2 aliphatic carbocycles. The Labute approximate surface area is 168 Å². The first kappa shape index (κ1) is 19.4. The van der Waals surface area contributed by atoms with Gasteiger partial charge in [0.2, 0.25) is 5.91 Å². The molecule has 0 saturated heterocycles. The van der Waals surface area contributed by atoms with Gasteiger partial charge in [0.05, 0.1) is 17.8 Å². The number of carbonyl (C=O) groups excluding carboxylic acids is 1. The smallest absolute Gasteiger partial charge is 0.408 e. The molecule has 0 radical (unpaired) electrons. The van der Waals surface area contributed by atoms with Crippen LogP contribution in [0.4, 0.5) is 10.6 Å². The van der Waals surface area contributed by atoms with Gasteiger partial charge in [-0.15, -0.1) is 0 Å². The molecule has 2 unspecified atom stereocenters. The van der Waals surface area contributed by atoms with Crippen LogP contribution >= 0.6 is 0 Å². The van der Waals surface area contributed by atoms with Gasteiger partial charge in [-0.3, -0.25) is 24.8 Å². The van der Waals surface area contributed by atoms with Crippen LogP contribution in [0.2, 0.25) is 0 Å². The normalized spacial score (nSPS) is 22.3. The van der Waals surface area contributed by atoms with Gasteiger partial charge in [0.15, 0.2) is 5.82 Å². The van der Waals surface area contributed by atoms with Crippen molar-refractivity contribution in [2.75, 3.05) is 5.32 Å². The fourth-order valence-electron chi connectivity index (χ4n) is 4.20. The zero-order valence-electron chi connectivity index (χ0n) is 16.7. The van der Waals surface area contributed by atoms with Gasteiger partial charge in [-0.05, 0) is 46.0 Å². The number of anilines is 1. The fourth-order valence-corrected chi connectivity index (χ4v) is 4.20. The number of carboxylic acid groups (broad SMARTS) is 1. The molecule has 2 amide bonds. The van der Waals surface area contributed by atoms with Crippen LogP contribution in [0.1, 0.15) is 62.0 Å². The number of H-pyrrole nitrogens is 1. The van der Waals surface area contributed by atoms with Gasteiger partial charge < -0.3 is 10.4 Å². The highest BCUT2D eigenvalue weighted by Crippen LogP contribution is 2.47. The van der Waals surface area contributed by atoms with Crippen LogP contribution < -0.4 is 5.32 Å². The molecule has 0 spiro atoms. The van der Waals surface area contributed by atoms with Gasteiger partial charge in [-0.2, -0.15) is 5.10 Å². The third kappa shape index (κ3) is 4.23. The summed E-state index contributed by atoms with van der Waals surface area (Å²) in [6.07, 6.45) is 6.93. The van der Waals surface area contributed by atoms with E-state index in [1.54, 1.807) is 17.3 Å². The first-order chi connectivity index (χ1) is 13.8. The average Bonchev–Trinajstić information content (AvgIpc) is 3.07. The van der Waals surface area contributed by atoms with Crippen LogP contribution in [0.3, 0.4) is 0 Å². The van der Waals surface area contributed by atoms with Crippen molar-refractivity contribution >= 4 is 17.8 Å². The summed E-state index contributed by atoms with van der Waals surface area (Å²) in [6, 6.07) is 1.88. The predicted molar refractivity (Wildman–Crippen MR) is 106 cm³/mol. The van der Waals surface area contributed by atoms with Crippen molar-refractivity contribution in [2.45, 2.75) is 69.9 Å². The van der Waals surface area contributed by atoms with E-state index in [1.165, 1.54) is 0 Å². The molecule has 2 atom stereocenters. The number of aromatic amines is 1. The van der Waals surface area contributed by atoms with Crippen molar-refractivity contribution in [3.8, 4) is 0 Å². The molecular formula is C20H26N6O3. The number of aromatic nitrogens is 4. The Morgan fingerprint density at radius 1 is 1.31 bits per heavy atom. The summed E-state index contributed by atoms with van der Waals surface area (Å²) in [6.45, 7) is 3.87. The number of carbonyl (C=O) groups is 2. The minimum atomic E-state index is -0.826. The number of hydrogen-bond donors (Lipinski definition) is 3. The third-order valence-electron chi connectivity index (χ3n) is 6.01. The summed E-state index contributed by atoms with van der Waals surface area (Å²) in [5.74, 6) is 0.479. The van der Waals surface area contributed by atoms with E-state index >= 15 is 0 Å². The van der Waals surface area contributed by atoms with Gasteiger partial charge >= 0.3 is 6.09 Å². The van der Waals surface area contributed by atoms with E-state index in [4.69, 9.17) is 0 Å².